The number of benzene rings is 2. The van der Waals surface area contributed by atoms with Gasteiger partial charge >= 0.3 is 0 Å². The summed E-state index contributed by atoms with van der Waals surface area (Å²) in [7, 11) is -3.86. The van der Waals surface area contributed by atoms with E-state index in [1.54, 1.807) is 0 Å². The minimum absolute atomic E-state index is 0.0642. The third kappa shape index (κ3) is 3.52. The molecule has 1 saturated heterocycles. The molecule has 4 rings (SSSR count). The molecular formula is C19H16ClN3O5S. The van der Waals surface area contributed by atoms with Gasteiger partial charge in [-0.1, -0.05) is 11.6 Å². The second kappa shape index (κ2) is 7.25. The van der Waals surface area contributed by atoms with Gasteiger partial charge in [0.25, 0.3) is 11.8 Å². The minimum Gasteiger partial charge on any atom is -0.325 e. The number of carbonyl (C=O) groups excluding carboxylic acids is 3. The van der Waals surface area contributed by atoms with Crippen LogP contribution in [0.3, 0.4) is 0 Å². The first kappa shape index (κ1) is 19.6. The van der Waals surface area contributed by atoms with Gasteiger partial charge in [-0.2, -0.15) is 4.31 Å². The highest BCUT2D eigenvalue weighted by Gasteiger charge is 2.39. The molecule has 0 bridgehead atoms. The van der Waals surface area contributed by atoms with Gasteiger partial charge < -0.3 is 5.32 Å². The quantitative estimate of drug-likeness (QED) is 0.716. The van der Waals surface area contributed by atoms with Crippen molar-refractivity contribution in [3.63, 3.8) is 0 Å². The summed E-state index contributed by atoms with van der Waals surface area (Å²) in [5, 5.41) is 5.25. The fourth-order valence-corrected chi connectivity index (χ4v) is 5.29. The fraction of sp³-hybridized carbons (Fsp3) is 0.211. The molecule has 1 atom stereocenters. The van der Waals surface area contributed by atoms with Gasteiger partial charge in [0.15, 0.2) is 0 Å². The number of halogens is 1. The fourth-order valence-electron chi connectivity index (χ4n) is 3.50. The number of imide groups is 1. The average molecular weight is 434 g/mol. The van der Waals surface area contributed by atoms with Crippen molar-refractivity contribution in [1.82, 2.24) is 9.62 Å². The number of nitrogens with one attached hydrogen (secondary N) is 2. The Kier molecular flexibility index (Phi) is 4.89. The lowest BCUT2D eigenvalue weighted by Crippen LogP contribution is -2.43. The molecule has 2 aromatic rings. The zero-order valence-corrected chi connectivity index (χ0v) is 16.6. The lowest BCUT2D eigenvalue weighted by Gasteiger charge is -2.23. The van der Waals surface area contributed by atoms with E-state index in [9.17, 15) is 22.8 Å². The molecule has 2 heterocycles. The summed E-state index contributed by atoms with van der Waals surface area (Å²) >= 11 is 5.83. The van der Waals surface area contributed by atoms with Crippen molar-refractivity contribution < 1.29 is 22.8 Å². The number of amides is 3. The molecule has 2 N–H and O–H groups in total. The Bertz CT molecular complexity index is 1130. The molecule has 10 heteroatoms. The van der Waals surface area contributed by atoms with Gasteiger partial charge in [0.1, 0.15) is 6.04 Å². The van der Waals surface area contributed by atoms with Gasteiger partial charge in [0, 0.05) is 17.3 Å². The standard InChI is InChI=1S/C19H16ClN3O5S/c20-11-3-6-13(7-4-11)29(27,28)23-9-1-2-16(23)19(26)21-12-5-8-14-15(10-12)18(25)22-17(14)24/h3-8,10,16H,1-2,9H2,(H,21,26)(H,22,24,25). The molecule has 0 aromatic heterocycles. The van der Waals surface area contributed by atoms with Crippen LogP contribution in [0.4, 0.5) is 5.69 Å². The first-order valence-electron chi connectivity index (χ1n) is 8.85. The maximum atomic E-state index is 13.0. The maximum absolute atomic E-state index is 13.0. The van der Waals surface area contributed by atoms with E-state index < -0.39 is 33.8 Å². The van der Waals surface area contributed by atoms with Gasteiger partial charge in [-0.3, -0.25) is 19.7 Å². The summed E-state index contributed by atoms with van der Waals surface area (Å²) in [6.45, 7) is 0.226. The Morgan fingerprint density at radius 3 is 2.48 bits per heavy atom. The number of hydrogen-bond donors (Lipinski definition) is 2. The second-order valence-corrected chi connectivity index (χ2v) is 9.09. The van der Waals surface area contributed by atoms with Crippen LogP contribution in [-0.4, -0.2) is 43.0 Å². The zero-order valence-electron chi connectivity index (χ0n) is 15.0. The van der Waals surface area contributed by atoms with Crippen molar-refractivity contribution in [1.29, 1.82) is 0 Å². The Morgan fingerprint density at radius 1 is 1.07 bits per heavy atom. The molecule has 0 saturated carbocycles. The van der Waals surface area contributed by atoms with Crippen molar-refractivity contribution >= 4 is 45.0 Å². The van der Waals surface area contributed by atoms with E-state index in [1.165, 1.54) is 46.8 Å². The van der Waals surface area contributed by atoms with Gasteiger partial charge in [-0.25, -0.2) is 8.42 Å². The summed E-state index contributed by atoms with van der Waals surface area (Å²) in [5.41, 5.74) is 0.722. The number of anilines is 1. The highest BCUT2D eigenvalue weighted by atomic mass is 35.5. The number of rotatable bonds is 4. The van der Waals surface area contributed by atoms with Crippen molar-refractivity contribution in [3.8, 4) is 0 Å². The number of hydrogen-bond acceptors (Lipinski definition) is 5. The number of carbonyl (C=O) groups is 3. The largest absolute Gasteiger partial charge is 0.325 e. The molecule has 2 aromatic carbocycles. The zero-order chi connectivity index (χ0) is 20.8. The van der Waals surface area contributed by atoms with E-state index in [2.05, 4.69) is 10.6 Å². The number of nitrogens with zero attached hydrogens (tertiary/aromatic N) is 1. The Hall–Kier alpha value is -2.75. The van der Waals surface area contributed by atoms with Crippen LogP contribution in [-0.2, 0) is 14.8 Å². The summed E-state index contributed by atoms with van der Waals surface area (Å²) in [5.74, 6) is -1.52. The molecule has 8 nitrogen and oxygen atoms in total. The molecule has 2 aliphatic heterocycles. The molecule has 0 spiro atoms. The summed E-state index contributed by atoms with van der Waals surface area (Å²) in [6, 6.07) is 9.25. The normalized spacial score (nSPS) is 19.1. The molecular weight excluding hydrogens is 418 g/mol. The van der Waals surface area contributed by atoms with Gasteiger partial charge in [-0.05, 0) is 55.3 Å². The average Bonchev–Trinajstić information content (AvgIpc) is 3.28. The summed E-state index contributed by atoms with van der Waals surface area (Å²) in [4.78, 5) is 36.3. The van der Waals surface area contributed by atoms with E-state index in [0.717, 1.165) is 0 Å². The van der Waals surface area contributed by atoms with Crippen molar-refractivity contribution in [2.24, 2.45) is 0 Å². The predicted octanol–water partition coefficient (Wildman–Crippen LogP) is 2.02. The van der Waals surface area contributed by atoms with Gasteiger partial charge in [-0.15, -0.1) is 0 Å². The smallest absolute Gasteiger partial charge is 0.259 e. The monoisotopic (exact) mass is 433 g/mol. The molecule has 1 fully saturated rings. The summed E-state index contributed by atoms with van der Waals surface area (Å²) < 4.78 is 27.1. The van der Waals surface area contributed by atoms with Crippen LogP contribution in [0.25, 0.3) is 0 Å². The molecule has 29 heavy (non-hydrogen) atoms. The maximum Gasteiger partial charge on any atom is 0.259 e. The molecule has 2 aliphatic rings. The first-order valence-corrected chi connectivity index (χ1v) is 10.7. The van der Waals surface area contributed by atoms with Gasteiger partial charge in [0.2, 0.25) is 15.9 Å². The molecule has 3 amide bonds. The topological polar surface area (TPSA) is 113 Å². The first-order chi connectivity index (χ1) is 13.8. The molecule has 1 unspecified atom stereocenters. The third-order valence-corrected chi connectivity index (χ3v) is 7.10. The number of fused-ring (bicyclic) bond motifs is 1. The lowest BCUT2D eigenvalue weighted by molar-refractivity contribution is -0.119. The van der Waals surface area contributed by atoms with Gasteiger partial charge in [0.05, 0.1) is 16.0 Å². The highest BCUT2D eigenvalue weighted by Crippen LogP contribution is 2.28. The van der Waals surface area contributed by atoms with Crippen molar-refractivity contribution in [2.75, 3.05) is 11.9 Å². The van der Waals surface area contributed by atoms with Crippen LogP contribution in [0.2, 0.25) is 5.02 Å². The lowest BCUT2D eigenvalue weighted by atomic mass is 10.1. The van der Waals surface area contributed by atoms with E-state index in [4.69, 9.17) is 11.6 Å². The molecule has 0 radical (unpaired) electrons. The summed E-state index contributed by atoms with van der Waals surface area (Å²) in [6.07, 6.45) is 0.925. The van der Waals surface area contributed by atoms with Crippen LogP contribution in [0.5, 0.6) is 0 Å². The minimum atomic E-state index is -3.86. The van der Waals surface area contributed by atoms with E-state index in [-0.39, 0.29) is 22.6 Å². The van der Waals surface area contributed by atoms with Crippen LogP contribution in [0, 0.1) is 0 Å². The Labute approximate surface area is 171 Å². The van der Waals surface area contributed by atoms with E-state index in [0.29, 0.717) is 23.6 Å². The molecule has 0 aliphatic carbocycles. The van der Waals surface area contributed by atoms with Crippen molar-refractivity contribution in [2.45, 2.75) is 23.8 Å². The van der Waals surface area contributed by atoms with Crippen LogP contribution < -0.4 is 10.6 Å². The van der Waals surface area contributed by atoms with E-state index >= 15 is 0 Å². The SMILES string of the molecule is O=C1NC(=O)c2cc(NC(=O)C3CCCN3S(=O)(=O)c3ccc(Cl)cc3)ccc21. The Morgan fingerprint density at radius 2 is 1.76 bits per heavy atom. The van der Waals surface area contributed by atoms with Crippen LogP contribution in [0.15, 0.2) is 47.4 Å². The molecule has 150 valence electrons. The van der Waals surface area contributed by atoms with Crippen molar-refractivity contribution in [3.05, 3.63) is 58.6 Å². The van der Waals surface area contributed by atoms with E-state index in [1.807, 2.05) is 0 Å². The Balaban J connectivity index is 1.56. The highest BCUT2D eigenvalue weighted by molar-refractivity contribution is 7.89. The third-order valence-electron chi connectivity index (χ3n) is 4.93. The number of sulfonamides is 1. The van der Waals surface area contributed by atoms with Crippen LogP contribution in [0.1, 0.15) is 33.6 Å². The predicted molar refractivity (Wildman–Crippen MR) is 105 cm³/mol. The van der Waals surface area contributed by atoms with Crippen LogP contribution >= 0.6 is 11.6 Å². The second-order valence-electron chi connectivity index (χ2n) is 6.76.